The summed E-state index contributed by atoms with van der Waals surface area (Å²) in [5, 5.41) is 11.8. The predicted molar refractivity (Wildman–Crippen MR) is 73.9 cm³/mol. The van der Waals surface area contributed by atoms with E-state index in [1.807, 2.05) is 23.9 Å². The smallest absolute Gasteiger partial charge is 0.189 e. The van der Waals surface area contributed by atoms with E-state index in [-0.39, 0.29) is 5.84 Å². The van der Waals surface area contributed by atoms with Crippen LogP contribution in [-0.2, 0) is 6.54 Å². The fraction of sp³-hybridized carbons (Fsp3) is 0.500. The molecule has 1 saturated heterocycles. The van der Waals surface area contributed by atoms with E-state index in [1.165, 1.54) is 0 Å². The Hall–Kier alpha value is -1.27. The zero-order valence-electron chi connectivity index (χ0n) is 10.4. The molecule has 18 heavy (non-hydrogen) atoms. The van der Waals surface area contributed by atoms with Crippen molar-refractivity contribution in [1.29, 1.82) is 0 Å². The molecule has 0 radical (unpaired) electrons. The molecule has 1 fully saturated rings. The fourth-order valence-corrected chi connectivity index (χ4v) is 3.14. The number of rotatable bonds is 3. The molecule has 1 aliphatic heterocycles. The van der Waals surface area contributed by atoms with Gasteiger partial charge in [-0.05, 0) is 18.6 Å². The van der Waals surface area contributed by atoms with Gasteiger partial charge in [-0.1, -0.05) is 11.2 Å². The molecule has 2 heterocycles. The third-order valence-corrected chi connectivity index (χ3v) is 4.31. The first kappa shape index (κ1) is 13.2. The third kappa shape index (κ3) is 2.94. The van der Waals surface area contributed by atoms with E-state index >= 15 is 0 Å². The first-order chi connectivity index (χ1) is 8.72. The summed E-state index contributed by atoms with van der Waals surface area (Å²) in [6.07, 6.45) is 1.66. The number of oxime groups is 1. The minimum atomic E-state index is 0.0737. The van der Waals surface area contributed by atoms with E-state index in [9.17, 15) is 0 Å². The zero-order chi connectivity index (χ0) is 13.0. The summed E-state index contributed by atoms with van der Waals surface area (Å²) >= 11 is 1.99. The Morgan fingerprint density at radius 1 is 1.72 bits per heavy atom. The van der Waals surface area contributed by atoms with Gasteiger partial charge in [0.05, 0.1) is 0 Å². The normalized spacial score (nSPS) is 22.1. The summed E-state index contributed by atoms with van der Waals surface area (Å²) < 4.78 is 0. The van der Waals surface area contributed by atoms with Gasteiger partial charge >= 0.3 is 0 Å². The standard InChI is InChI=1S/C12H18N4OS/c1-9-8-18-6-5-16(9)7-10-3-2-4-14-11(10)12(13)15-17/h2-4,9,17H,5-8H2,1H3,(H2,13,15). The Morgan fingerprint density at radius 3 is 3.28 bits per heavy atom. The van der Waals surface area contributed by atoms with E-state index < -0.39 is 0 Å². The highest BCUT2D eigenvalue weighted by atomic mass is 32.2. The molecule has 0 aliphatic carbocycles. The molecule has 98 valence electrons. The quantitative estimate of drug-likeness (QED) is 0.371. The van der Waals surface area contributed by atoms with E-state index in [0.29, 0.717) is 11.7 Å². The van der Waals surface area contributed by atoms with Crippen molar-refractivity contribution >= 4 is 17.6 Å². The van der Waals surface area contributed by atoms with Gasteiger partial charge in [0, 0.05) is 36.8 Å². The molecule has 0 spiro atoms. The Kier molecular flexibility index (Phi) is 4.43. The van der Waals surface area contributed by atoms with Gasteiger partial charge in [0.2, 0.25) is 0 Å². The number of amidine groups is 1. The molecular formula is C12H18N4OS. The second kappa shape index (κ2) is 6.06. The predicted octanol–water partition coefficient (Wildman–Crippen LogP) is 1.11. The number of nitrogens with two attached hydrogens (primary N) is 1. The lowest BCUT2D eigenvalue weighted by Gasteiger charge is -2.33. The molecule has 5 nitrogen and oxygen atoms in total. The highest BCUT2D eigenvalue weighted by Crippen LogP contribution is 2.19. The molecule has 3 N–H and O–H groups in total. The zero-order valence-corrected chi connectivity index (χ0v) is 11.2. The van der Waals surface area contributed by atoms with E-state index in [1.54, 1.807) is 6.20 Å². The van der Waals surface area contributed by atoms with Crippen LogP contribution in [0.2, 0.25) is 0 Å². The summed E-state index contributed by atoms with van der Waals surface area (Å²) in [5.41, 5.74) is 7.23. The lowest BCUT2D eigenvalue weighted by atomic mass is 10.1. The second-order valence-corrected chi connectivity index (χ2v) is 5.54. The number of hydrogen-bond acceptors (Lipinski definition) is 5. The van der Waals surface area contributed by atoms with E-state index in [2.05, 4.69) is 22.0 Å². The molecule has 1 aromatic rings. The van der Waals surface area contributed by atoms with Crippen molar-refractivity contribution in [2.75, 3.05) is 18.1 Å². The maximum atomic E-state index is 8.78. The van der Waals surface area contributed by atoms with Crippen molar-refractivity contribution in [2.45, 2.75) is 19.5 Å². The Labute approximate surface area is 111 Å². The molecule has 0 bridgehead atoms. The molecule has 1 aliphatic rings. The van der Waals surface area contributed by atoms with Gasteiger partial charge < -0.3 is 10.9 Å². The molecule has 1 unspecified atom stereocenters. The van der Waals surface area contributed by atoms with Gasteiger partial charge in [-0.3, -0.25) is 9.88 Å². The van der Waals surface area contributed by atoms with Crippen molar-refractivity contribution in [2.24, 2.45) is 10.9 Å². The molecule has 0 saturated carbocycles. The van der Waals surface area contributed by atoms with Crippen molar-refractivity contribution < 1.29 is 5.21 Å². The molecule has 1 aromatic heterocycles. The Balaban J connectivity index is 2.18. The van der Waals surface area contributed by atoms with Crippen LogP contribution < -0.4 is 5.73 Å². The monoisotopic (exact) mass is 266 g/mol. The van der Waals surface area contributed by atoms with Crippen molar-refractivity contribution in [3.05, 3.63) is 29.6 Å². The van der Waals surface area contributed by atoms with Gasteiger partial charge in [0.1, 0.15) is 5.69 Å². The van der Waals surface area contributed by atoms with Crippen LogP contribution >= 0.6 is 11.8 Å². The topological polar surface area (TPSA) is 74.7 Å². The molecule has 6 heteroatoms. The maximum Gasteiger partial charge on any atom is 0.189 e. The minimum absolute atomic E-state index is 0.0737. The van der Waals surface area contributed by atoms with Crippen LogP contribution in [0.1, 0.15) is 18.2 Å². The number of hydrogen-bond donors (Lipinski definition) is 2. The highest BCUT2D eigenvalue weighted by Gasteiger charge is 2.20. The SMILES string of the molecule is CC1CSCCN1Cc1cccnc1C(N)=NO. The van der Waals surface area contributed by atoms with Gasteiger partial charge in [-0.25, -0.2) is 0 Å². The van der Waals surface area contributed by atoms with Crippen LogP contribution in [0.25, 0.3) is 0 Å². The van der Waals surface area contributed by atoms with Crippen LogP contribution in [-0.4, -0.2) is 45.0 Å². The highest BCUT2D eigenvalue weighted by molar-refractivity contribution is 7.99. The second-order valence-electron chi connectivity index (χ2n) is 4.39. The van der Waals surface area contributed by atoms with E-state index in [4.69, 9.17) is 10.9 Å². The summed E-state index contributed by atoms with van der Waals surface area (Å²) in [4.78, 5) is 6.60. The van der Waals surface area contributed by atoms with Crippen LogP contribution in [0.3, 0.4) is 0 Å². The average Bonchev–Trinajstić information content (AvgIpc) is 2.41. The molecule has 2 rings (SSSR count). The first-order valence-corrected chi connectivity index (χ1v) is 7.11. The number of thioether (sulfide) groups is 1. The van der Waals surface area contributed by atoms with Crippen LogP contribution in [0.4, 0.5) is 0 Å². The van der Waals surface area contributed by atoms with Gasteiger partial charge in [-0.2, -0.15) is 11.8 Å². The largest absolute Gasteiger partial charge is 0.409 e. The number of pyridine rings is 1. The molecule has 0 aromatic carbocycles. The Morgan fingerprint density at radius 2 is 2.56 bits per heavy atom. The first-order valence-electron chi connectivity index (χ1n) is 5.96. The van der Waals surface area contributed by atoms with Gasteiger partial charge in [0.15, 0.2) is 5.84 Å². The van der Waals surface area contributed by atoms with Crippen molar-refractivity contribution in [1.82, 2.24) is 9.88 Å². The van der Waals surface area contributed by atoms with Crippen molar-refractivity contribution in [3.63, 3.8) is 0 Å². The lowest BCUT2D eigenvalue weighted by Crippen LogP contribution is -2.40. The van der Waals surface area contributed by atoms with Crippen molar-refractivity contribution in [3.8, 4) is 0 Å². The molecule has 0 amide bonds. The summed E-state index contributed by atoms with van der Waals surface area (Å²) in [6, 6.07) is 4.41. The lowest BCUT2D eigenvalue weighted by molar-refractivity contribution is 0.223. The Bertz CT molecular complexity index is 438. The molecule has 1 atom stereocenters. The van der Waals surface area contributed by atoms with Crippen LogP contribution in [0.5, 0.6) is 0 Å². The molecular weight excluding hydrogens is 248 g/mol. The minimum Gasteiger partial charge on any atom is -0.409 e. The number of aromatic nitrogens is 1. The number of nitrogens with zero attached hydrogens (tertiary/aromatic N) is 3. The average molecular weight is 266 g/mol. The van der Waals surface area contributed by atoms with Crippen LogP contribution in [0, 0.1) is 0 Å². The third-order valence-electron chi connectivity index (χ3n) is 3.12. The van der Waals surface area contributed by atoms with E-state index in [0.717, 1.165) is 30.2 Å². The van der Waals surface area contributed by atoms with Crippen LogP contribution in [0.15, 0.2) is 23.5 Å². The summed E-state index contributed by atoms with van der Waals surface area (Å²) in [5.74, 6) is 2.38. The fourth-order valence-electron chi connectivity index (χ4n) is 2.06. The van der Waals surface area contributed by atoms with Gasteiger partial charge in [0.25, 0.3) is 0 Å². The van der Waals surface area contributed by atoms with Gasteiger partial charge in [-0.15, -0.1) is 0 Å². The summed E-state index contributed by atoms with van der Waals surface area (Å²) in [6.45, 7) is 4.09. The summed E-state index contributed by atoms with van der Waals surface area (Å²) in [7, 11) is 0. The maximum absolute atomic E-state index is 8.78.